The number of carbonyl (C=O) groups is 2. The topological polar surface area (TPSA) is 71.6 Å². The van der Waals surface area contributed by atoms with Crippen LogP contribution in [0.15, 0.2) is 35.0 Å². The number of aryl methyl sites for hydroxylation is 1. The lowest BCUT2D eigenvalue weighted by molar-refractivity contribution is 0.0798. The largest absolute Gasteiger partial charge is 0.356 e. The molecule has 0 N–H and O–H groups in total. The van der Waals surface area contributed by atoms with Gasteiger partial charge in [-0.2, -0.15) is 0 Å². The molecule has 0 radical (unpaired) electrons. The molecule has 0 atom stereocenters. The van der Waals surface area contributed by atoms with E-state index >= 15 is 0 Å². The van der Waals surface area contributed by atoms with E-state index in [4.69, 9.17) is 4.52 Å². The molecule has 1 fully saturated rings. The molecule has 2 aliphatic rings. The SMILES string of the molecule is CN1CCC(=O)c2c(ccn2CCCCN2CCC(c3noc4cc(F)ccc34)CC2)C1=O. The van der Waals surface area contributed by atoms with Gasteiger partial charge in [0.05, 0.1) is 17.0 Å². The lowest BCUT2D eigenvalue weighted by atomic mass is 9.91. The fraction of sp³-hybridized carbons (Fsp3) is 0.480. The van der Waals surface area contributed by atoms with Crippen LogP contribution in [-0.2, 0) is 6.54 Å². The van der Waals surface area contributed by atoms with Gasteiger partial charge in [0.15, 0.2) is 11.4 Å². The Labute approximate surface area is 192 Å². The maximum atomic E-state index is 13.4. The minimum atomic E-state index is -0.306. The quantitative estimate of drug-likeness (QED) is 0.527. The first kappa shape index (κ1) is 21.8. The molecule has 0 saturated carbocycles. The first-order valence-corrected chi connectivity index (χ1v) is 11.8. The third-order valence-corrected chi connectivity index (χ3v) is 7.04. The minimum absolute atomic E-state index is 0.0536. The standard InChI is InChI=1S/C25H29FN4O3/c1-28-12-9-21(31)24-20(25(28)32)8-15-30(24)11-3-2-10-29-13-6-17(7-14-29)23-19-5-4-18(26)16-22(19)33-27-23/h4-5,8,15-17H,2-3,6-7,9-14H2,1H3. The fourth-order valence-electron chi connectivity index (χ4n) is 5.11. The number of fused-ring (bicyclic) bond motifs is 2. The number of hydrogen-bond acceptors (Lipinski definition) is 5. The minimum Gasteiger partial charge on any atom is -0.356 e. The zero-order valence-electron chi connectivity index (χ0n) is 18.9. The van der Waals surface area contributed by atoms with Crippen molar-refractivity contribution in [2.24, 2.45) is 0 Å². The summed E-state index contributed by atoms with van der Waals surface area (Å²) in [6.07, 6.45) is 6.26. The van der Waals surface area contributed by atoms with Gasteiger partial charge < -0.3 is 18.9 Å². The summed E-state index contributed by atoms with van der Waals surface area (Å²) in [6.45, 7) is 4.23. The molecule has 1 saturated heterocycles. The second kappa shape index (κ2) is 9.09. The van der Waals surface area contributed by atoms with Crippen LogP contribution in [-0.4, -0.2) is 64.4 Å². The summed E-state index contributed by atoms with van der Waals surface area (Å²) < 4.78 is 20.7. The first-order valence-electron chi connectivity index (χ1n) is 11.8. The molecular formula is C25H29FN4O3. The van der Waals surface area contributed by atoms with Crippen LogP contribution in [0.5, 0.6) is 0 Å². The number of hydrogen-bond donors (Lipinski definition) is 0. The highest BCUT2D eigenvalue weighted by molar-refractivity contribution is 6.08. The van der Waals surface area contributed by atoms with Crippen molar-refractivity contribution in [2.75, 3.05) is 33.2 Å². The Morgan fingerprint density at radius 1 is 1.09 bits per heavy atom. The van der Waals surface area contributed by atoms with E-state index in [9.17, 15) is 14.0 Å². The molecule has 0 spiro atoms. The zero-order chi connectivity index (χ0) is 22.9. The second-order valence-corrected chi connectivity index (χ2v) is 9.20. The van der Waals surface area contributed by atoms with Crippen molar-refractivity contribution in [1.29, 1.82) is 0 Å². The number of carbonyl (C=O) groups excluding carboxylic acids is 2. The average molecular weight is 453 g/mol. The van der Waals surface area contributed by atoms with Gasteiger partial charge in [-0.15, -0.1) is 0 Å². The van der Waals surface area contributed by atoms with Crippen molar-refractivity contribution >= 4 is 22.7 Å². The number of Topliss-reactive ketones (excluding diaryl/α,β-unsaturated/α-hetero) is 1. The van der Waals surface area contributed by atoms with Gasteiger partial charge in [0.1, 0.15) is 5.82 Å². The molecule has 33 heavy (non-hydrogen) atoms. The maximum absolute atomic E-state index is 13.4. The molecule has 7 nitrogen and oxygen atoms in total. The maximum Gasteiger partial charge on any atom is 0.255 e. The number of unbranched alkanes of at least 4 members (excludes halogenated alkanes) is 1. The van der Waals surface area contributed by atoms with Crippen LogP contribution in [0.1, 0.15) is 64.6 Å². The van der Waals surface area contributed by atoms with Crippen LogP contribution in [0.25, 0.3) is 11.0 Å². The monoisotopic (exact) mass is 452 g/mol. The fourth-order valence-corrected chi connectivity index (χ4v) is 5.11. The number of halogens is 1. The third kappa shape index (κ3) is 4.31. The summed E-state index contributed by atoms with van der Waals surface area (Å²) in [7, 11) is 1.75. The molecule has 0 aliphatic carbocycles. The van der Waals surface area contributed by atoms with E-state index in [-0.39, 0.29) is 17.5 Å². The van der Waals surface area contributed by atoms with Crippen LogP contribution < -0.4 is 0 Å². The molecule has 3 aromatic rings. The van der Waals surface area contributed by atoms with Crippen molar-refractivity contribution in [1.82, 2.24) is 19.5 Å². The summed E-state index contributed by atoms with van der Waals surface area (Å²) in [5, 5.41) is 5.15. The number of piperidine rings is 1. The predicted octanol–water partition coefficient (Wildman–Crippen LogP) is 4.09. The van der Waals surface area contributed by atoms with E-state index in [0.29, 0.717) is 35.7 Å². The Hall–Kier alpha value is -3.00. The van der Waals surface area contributed by atoms with Crippen molar-refractivity contribution in [3.8, 4) is 0 Å². The van der Waals surface area contributed by atoms with Crippen LogP contribution in [0.4, 0.5) is 4.39 Å². The summed E-state index contributed by atoms with van der Waals surface area (Å²) in [6, 6.07) is 6.40. The van der Waals surface area contributed by atoms with E-state index in [1.54, 1.807) is 24.1 Å². The molecule has 8 heteroatoms. The number of nitrogens with zero attached hydrogens (tertiary/aromatic N) is 4. The molecule has 0 unspecified atom stereocenters. The number of rotatable bonds is 6. The molecule has 4 heterocycles. The molecular weight excluding hydrogens is 423 g/mol. The predicted molar refractivity (Wildman–Crippen MR) is 122 cm³/mol. The van der Waals surface area contributed by atoms with Crippen molar-refractivity contribution in [3.63, 3.8) is 0 Å². The Balaban J connectivity index is 1.11. The zero-order valence-corrected chi connectivity index (χ0v) is 18.9. The van der Waals surface area contributed by atoms with Crippen LogP contribution >= 0.6 is 0 Å². The number of likely N-dealkylation sites (tertiary alicyclic amines) is 1. The van der Waals surface area contributed by atoms with Crippen molar-refractivity contribution in [3.05, 3.63) is 53.2 Å². The lowest BCUT2D eigenvalue weighted by Gasteiger charge is -2.31. The highest BCUT2D eigenvalue weighted by Crippen LogP contribution is 2.32. The van der Waals surface area contributed by atoms with Crippen LogP contribution in [0.3, 0.4) is 0 Å². The smallest absolute Gasteiger partial charge is 0.255 e. The van der Waals surface area contributed by atoms with E-state index in [0.717, 1.165) is 62.9 Å². The lowest BCUT2D eigenvalue weighted by Crippen LogP contribution is -2.33. The van der Waals surface area contributed by atoms with Crippen LogP contribution in [0.2, 0.25) is 0 Å². The molecule has 0 bridgehead atoms. The van der Waals surface area contributed by atoms with Gasteiger partial charge in [-0.05, 0) is 63.5 Å². The Morgan fingerprint density at radius 2 is 1.88 bits per heavy atom. The molecule has 2 aliphatic heterocycles. The molecule has 2 aromatic heterocycles. The molecule has 1 amide bonds. The van der Waals surface area contributed by atoms with Gasteiger partial charge in [0.2, 0.25) is 0 Å². The number of amides is 1. The molecule has 174 valence electrons. The summed E-state index contributed by atoms with van der Waals surface area (Å²) >= 11 is 0. The van der Waals surface area contributed by atoms with Gasteiger partial charge in [-0.1, -0.05) is 5.16 Å². The van der Waals surface area contributed by atoms with Crippen molar-refractivity contribution < 1.29 is 18.5 Å². The van der Waals surface area contributed by atoms with E-state index in [1.807, 2.05) is 10.8 Å². The van der Waals surface area contributed by atoms with E-state index in [2.05, 4.69) is 10.1 Å². The average Bonchev–Trinajstić information content (AvgIpc) is 3.41. The third-order valence-electron chi connectivity index (χ3n) is 7.04. The first-order chi connectivity index (χ1) is 16.0. The summed E-state index contributed by atoms with van der Waals surface area (Å²) in [5.74, 6) is 0.0182. The summed E-state index contributed by atoms with van der Waals surface area (Å²) in [4.78, 5) is 29.1. The number of aromatic nitrogens is 2. The highest BCUT2D eigenvalue weighted by Gasteiger charge is 2.28. The molecule has 5 rings (SSSR count). The van der Waals surface area contributed by atoms with E-state index < -0.39 is 0 Å². The van der Waals surface area contributed by atoms with Gasteiger partial charge in [0, 0.05) is 50.1 Å². The van der Waals surface area contributed by atoms with Crippen molar-refractivity contribution in [2.45, 2.75) is 44.6 Å². The summed E-state index contributed by atoms with van der Waals surface area (Å²) in [5.41, 5.74) is 2.57. The number of benzene rings is 1. The Kier molecular flexibility index (Phi) is 6.01. The Bertz CT molecular complexity index is 1180. The van der Waals surface area contributed by atoms with Gasteiger partial charge in [0.25, 0.3) is 5.91 Å². The van der Waals surface area contributed by atoms with Gasteiger partial charge >= 0.3 is 0 Å². The second-order valence-electron chi connectivity index (χ2n) is 9.20. The normalized spacial score (nSPS) is 18.2. The Morgan fingerprint density at radius 3 is 2.70 bits per heavy atom. The van der Waals surface area contributed by atoms with E-state index in [1.165, 1.54) is 12.1 Å². The van der Waals surface area contributed by atoms with Crippen LogP contribution in [0, 0.1) is 5.82 Å². The van der Waals surface area contributed by atoms with Gasteiger partial charge in [-0.25, -0.2) is 4.39 Å². The number of ketones is 1. The highest BCUT2D eigenvalue weighted by atomic mass is 19.1. The van der Waals surface area contributed by atoms with Gasteiger partial charge in [-0.3, -0.25) is 9.59 Å². The molecule has 1 aromatic carbocycles.